The van der Waals surface area contributed by atoms with Gasteiger partial charge in [-0.15, -0.1) is 11.8 Å². The minimum atomic E-state index is -3.96. The second-order valence-corrected chi connectivity index (χ2v) is 17.8. The number of carbonyl (C=O) groups excluding carboxylic acids is 1. The van der Waals surface area contributed by atoms with Crippen molar-refractivity contribution in [2.24, 2.45) is 5.92 Å². The van der Waals surface area contributed by atoms with Crippen LogP contribution in [-0.2, 0) is 43.9 Å². The Balaban J connectivity index is 1.05. The number of sulfonamides is 1. The average molecular weight is 843 g/mol. The molecular weight excluding hydrogens is 793 g/mol. The molecule has 0 unspecified atom stereocenters. The molecule has 60 heavy (non-hydrogen) atoms. The third-order valence-electron chi connectivity index (χ3n) is 10.7. The third kappa shape index (κ3) is 10.7. The number of hydrogen-bond donors (Lipinski definition) is 3. The summed E-state index contributed by atoms with van der Waals surface area (Å²) in [7, 11) is -2.29. The van der Waals surface area contributed by atoms with Crippen LogP contribution in [0.3, 0.4) is 0 Å². The van der Waals surface area contributed by atoms with Crippen LogP contribution in [0.5, 0.6) is 5.75 Å². The van der Waals surface area contributed by atoms with E-state index in [-0.39, 0.29) is 42.6 Å². The third-order valence-corrected chi connectivity index (χ3v) is 13.4. The van der Waals surface area contributed by atoms with Crippen molar-refractivity contribution in [3.8, 4) is 16.9 Å². The van der Waals surface area contributed by atoms with Crippen molar-refractivity contribution in [2.75, 3.05) is 12.9 Å². The van der Waals surface area contributed by atoms with E-state index in [1.807, 2.05) is 128 Å². The summed E-state index contributed by atoms with van der Waals surface area (Å²) in [5.74, 6) is 1.13. The zero-order chi connectivity index (χ0) is 42.1. The van der Waals surface area contributed by atoms with Crippen molar-refractivity contribution in [3.05, 3.63) is 185 Å². The number of para-hydroxylation sites is 1. The number of aliphatic hydroxyl groups is 1. The molecule has 1 aliphatic heterocycles. The molecule has 0 radical (unpaired) electrons. The maximum Gasteiger partial charge on any atom is 0.241 e. The molecule has 310 valence electrons. The van der Waals surface area contributed by atoms with Crippen LogP contribution in [0.25, 0.3) is 11.1 Å². The summed E-state index contributed by atoms with van der Waals surface area (Å²) < 4.78 is 48.4. The topological polar surface area (TPSA) is 123 Å². The van der Waals surface area contributed by atoms with Crippen molar-refractivity contribution in [2.45, 2.75) is 67.8 Å². The molecular formula is C49H50N2O7S2. The van der Waals surface area contributed by atoms with Crippen LogP contribution in [0.4, 0.5) is 0 Å². The van der Waals surface area contributed by atoms with Gasteiger partial charge in [0.1, 0.15) is 11.8 Å². The Labute approximate surface area is 357 Å². The highest BCUT2D eigenvalue weighted by Crippen LogP contribution is 2.44. The molecule has 1 fully saturated rings. The van der Waals surface area contributed by atoms with Crippen LogP contribution < -0.4 is 14.8 Å². The van der Waals surface area contributed by atoms with Crippen LogP contribution in [0.1, 0.15) is 52.7 Å². The number of nitrogens with one attached hydrogen (secondary N) is 2. The SMILES string of the molecule is COc1ccccc1SC[C@@H]1O[C@H](c2ccc(-c3cccc(CNC(=O)[C@@H](Cc4ccccc4)NS(=O)(=O)c4ccc(C)cc4)c3)cc2)O[C@H](c2ccc(CO)cc2)[C@@H]1C. The highest BCUT2D eigenvalue weighted by atomic mass is 32.2. The van der Waals surface area contributed by atoms with Crippen molar-refractivity contribution in [1.29, 1.82) is 0 Å². The Hall–Kier alpha value is -5.27. The maximum atomic E-state index is 13.7. The van der Waals surface area contributed by atoms with Gasteiger partial charge in [-0.2, -0.15) is 4.72 Å². The van der Waals surface area contributed by atoms with Crippen molar-refractivity contribution in [1.82, 2.24) is 10.0 Å². The predicted molar refractivity (Wildman–Crippen MR) is 236 cm³/mol. The molecule has 0 saturated carbocycles. The van der Waals surface area contributed by atoms with Crippen LogP contribution >= 0.6 is 11.8 Å². The van der Waals surface area contributed by atoms with E-state index in [4.69, 9.17) is 14.2 Å². The van der Waals surface area contributed by atoms with Gasteiger partial charge in [0.15, 0.2) is 6.29 Å². The molecule has 0 spiro atoms. The monoisotopic (exact) mass is 842 g/mol. The van der Waals surface area contributed by atoms with Crippen LogP contribution in [0, 0.1) is 12.8 Å². The zero-order valence-electron chi connectivity index (χ0n) is 33.9. The first kappa shape index (κ1) is 42.8. The number of methoxy groups -OCH3 is 1. The molecule has 3 N–H and O–H groups in total. The number of benzene rings is 6. The molecule has 1 amide bonds. The highest BCUT2D eigenvalue weighted by Gasteiger charge is 2.38. The van der Waals surface area contributed by atoms with Gasteiger partial charge in [-0.25, -0.2) is 8.42 Å². The molecule has 0 bridgehead atoms. The lowest BCUT2D eigenvalue weighted by Crippen LogP contribution is -2.47. The number of hydrogen-bond acceptors (Lipinski definition) is 8. The van der Waals surface area contributed by atoms with Crippen molar-refractivity contribution >= 4 is 27.7 Å². The van der Waals surface area contributed by atoms with Gasteiger partial charge in [0, 0.05) is 28.7 Å². The second-order valence-electron chi connectivity index (χ2n) is 15.0. The molecule has 6 aromatic carbocycles. The molecule has 5 atom stereocenters. The van der Waals surface area contributed by atoms with E-state index in [0.717, 1.165) is 55.2 Å². The number of thioether (sulfide) groups is 1. The molecule has 9 nitrogen and oxygen atoms in total. The van der Waals surface area contributed by atoms with Gasteiger partial charge in [0.2, 0.25) is 15.9 Å². The minimum Gasteiger partial charge on any atom is -0.496 e. The van der Waals surface area contributed by atoms with E-state index in [9.17, 15) is 18.3 Å². The first-order valence-corrected chi connectivity index (χ1v) is 22.4. The number of aliphatic hydroxyl groups excluding tert-OH is 1. The smallest absolute Gasteiger partial charge is 0.241 e. The molecule has 1 aliphatic rings. The molecule has 0 aromatic heterocycles. The van der Waals surface area contributed by atoms with Gasteiger partial charge in [0.25, 0.3) is 0 Å². The first-order chi connectivity index (χ1) is 29.1. The summed E-state index contributed by atoms with van der Waals surface area (Å²) >= 11 is 1.70. The normalized spacial score (nSPS) is 18.4. The highest BCUT2D eigenvalue weighted by molar-refractivity contribution is 7.99. The Morgan fingerprint density at radius 1 is 0.767 bits per heavy atom. The number of amides is 1. The fraction of sp³-hybridized carbons (Fsp3) is 0.245. The lowest BCUT2D eigenvalue weighted by atomic mass is 9.91. The van der Waals surface area contributed by atoms with E-state index >= 15 is 0 Å². The quantitative estimate of drug-likeness (QED) is 0.0826. The first-order valence-electron chi connectivity index (χ1n) is 20.0. The summed E-state index contributed by atoms with van der Waals surface area (Å²) in [5, 5.41) is 12.6. The van der Waals surface area contributed by atoms with Crippen LogP contribution in [0.2, 0.25) is 0 Å². The minimum absolute atomic E-state index is 0.0245. The number of carbonyl (C=O) groups is 1. The second kappa shape index (κ2) is 19.9. The largest absolute Gasteiger partial charge is 0.496 e. The standard InChI is InChI=1S/C49H50N2O7S2/c1-33-16-26-42(27-17-33)60(54,55)51-43(29-35-10-5-4-6-11-35)48(53)50-30-37-12-9-13-41(28-37)38-22-24-40(25-23-38)49-57-45(32-59-46-15-8-7-14-44(46)56-3)34(2)47(58-49)39-20-18-36(31-52)19-21-39/h4-28,34,43,45,47,49,51-52H,29-32H2,1-3H3,(H,50,53)/t34-,43-,45+,47+,49+/m1/s1. The number of rotatable bonds is 16. The predicted octanol–water partition coefficient (Wildman–Crippen LogP) is 8.95. The van der Waals surface area contributed by atoms with Gasteiger partial charge in [-0.3, -0.25) is 4.79 Å². The van der Waals surface area contributed by atoms with Gasteiger partial charge in [0.05, 0.1) is 30.8 Å². The fourth-order valence-electron chi connectivity index (χ4n) is 7.24. The lowest BCUT2D eigenvalue weighted by molar-refractivity contribution is -0.268. The summed E-state index contributed by atoms with van der Waals surface area (Å²) in [6.45, 7) is 4.22. The molecule has 1 heterocycles. The zero-order valence-corrected chi connectivity index (χ0v) is 35.5. The summed E-state index contributed by atoms with van der Waals surface area (Å²) in [4.78, 5) is 14.8. The molecule has 11 heteroatoms. The molecule has 0 aliphatic carbocycles. The lowest BCUT2D eigenvalue weighted by Gasteiger charge is -2.41. The van der Waals surface area contributed by atoms with Crippen LogP contribution in [0.15, 0.2) is 161 Å². The van der Waals surface area contributed by atoms with Gasteiger partial charge in [-0.1, -0.05) is 134 Å². The molecule has 7 rings (SSSR count). The number of aryl methyl sites for hydroxylation is 1. The Morgan fingerprint density at radius 3 is 2.17 bits per heavy atom. The summed E-state index contributed by atoms with van der Waals surface area (Å²) in [6.07, 6.45) is -0.806. The Morgan fingerprint density at radius 2 is 1.45 bits per heavy atom. The van der Waals surface area contributed by atoms with Crippen LogP contribution in [-0.4, -0.2) is 44.4 Å². The average Bonchev–Trinajstić information content (AvgIpc) is 3.28. The summed E-state index contributed by atoms with van der Waals surface area (Å²) in [5.41, 5.74) is 7.32. The summed E-state index contributed by atoms with van der Waals surface area (Å²) in [6, 6.07) is 46.8. The van der Waals surface area contributed by atoms with E-state index in [2.05, 4.69) is 23.0 Å². The van der Waals surface area contributed by atoms with Gasteiger partial charge < -0.3 is 24.6 Å². The van der Waals surface area contributed by atoms with E-state index < -0.39 is 28.3 Å². The fourth-order valence-corrected chi connectivity index (χ4v) is 9.63. The van der Waals surface area contributed by atoms with Gasteiger partial charge in [-0.05, 0) is 77.1 Å². The van der Waals surface area contributed by atoms with Crippen molar-refractivity contribution in [3.63, 3.8) is 0 Å². The maximum absolute atomic E-state index is 13.7. The van der Waals surface area contributed by atoms with E-state index in [0.29, 0.717) is 5.75 Å². The van der Waals surface area contributed by atoms with E-state index in [1.165, 1.54) is 0 Å². The Bertz CT molecular complexity index is 2450. The Kier molecular flexibility index (Phi) is 14.2. The molecule has 1 saturated heterocycles. The van der Waals surface area contributed by atoms with Gasteiger partial charge >= 0.3 is 0 Å². The number of ether oxygens (including phenoxy) is 3. The molecule has 6 aromatic rings. The van der Waals surface area contributed by atoms with Crippen molar-refractivity contribution < 1.29 is 32.5 Å². The van der Waals surface area contributed by atoms with E-state index in [1.54, 1.807) is 43.1 Å².